The smallest absolute Gasteiger partial charge is 0.331 e. The van der Waals surface area contributed by atoms with E-state index < -0.39 is 18.5 Å². The number of hydrogen-bond acceptors (Lipinski definition) is 5. The highest BCUT2D eigenvalue weighted by atomic mass is 16.5. The minimum Gasteiger partial charge on any atom is -0.495 e. The number of carbonyl (C=O) groups excluding carboxylic acids is 2. The number of anilines is 1. The van der Waals surface area contributed by atoms with Gasteiger partial charge in [0.2, 0.25) is 0 Å². The molecule has 0 saturated carbocycles. The van der Waals surface area contributed by atoms with Crippen molar-refractivity contribution in [2.75, 3.05) is 19.0 Å². The van der Waals surface area contributed by atoms with E-state index in [2.05, 4.69) is 10.3 Å². The van der Waals surface area contributed by atoms with E-state index >= 15 is 0 Å². The van der Waals surface area contributed by atoms with Crippen molar-refractivity contribution in [3.05, 3.63) is 72.4 Å². The molecular weight excluding hydrogens is 344 g/mol. The van der Waals surface area contributed by atoms with Crippen LogP contribution in [0.15, 0.2) is 66.9 Å². The molecule has 0 radical (unpaired) electrons. The standard InChI is InChI=1S/C21H18N2O4/c1-26-18-10-3-2-9-17(18)23-19(24)14-27-20(25)12-11-16-7-4-6-15-8-5-13-22-21(15)16/h2-13H,14H2,1H3,(H,23,24)/b12-11+. The number of aromatic nitrogens is 1. The van der Waals surface area contributed by atoms with E-state index in [4.69, 9.17) is 9.47 Å². The van der Waals surface area contributed by atoms with Crippen molar-refractivity contribution >= 4 is 34.5 Å². The van der Waals surface area contributed by atoms with E-state index in [1.54, 1.807) is 36.5 Å². The minimum absolute atomic E-state index is 0.394. The molecule has 2 aromatic carbocycles. The zero-order valence-corrected chi connectivity index (χ0v) is 14.7. The third kappa shape index (κ3) is 4.70. The zero-order chi connectivity index (χ0) is 19.1. The summed E-state index contributed by atoms with van der Waals surface area (Å²) in [6.07, 6.45) is 4.59. The molecule has 1 amide bonds. The number of nitrogens with one attached hydrogen (secondary N) is 1. The Morgan fingerprint density at radius 2 is 1.89 bits per heavy atom. The summed E-state index contributed by atoms with van der Waals surface area (Å²) in [5.74, 6) is -0.535. The van der Waals surface area contributed by atoms with Gasteiger partial charge in [-0.1, -0.05) is 36.4 Å². The molecule has 0 atom stereocenters. The van der Waals surface area contributed by atoms with E-state index in [-0.39, 0.29) is 0 Å². The SMILES string of the molecule is COc1ccccc1NC(=O)COC(=O)/C=C/c1cccc2cccnc12. The van der Waals surface area contributed by atoms with Crippen LogP contribution in [0.1, 0.15) is 5.56 Å². The van der Waals surface area contributed by atoms with Crippen molar-refractivity contribution < 1.29 is 19.1 Å². The van der Waals surface area contributed by atoms with Gasteiger partial charge in [0, 0.05) is 23.2 Å². The Labute approximate surface area is 156 Å². The maximum Gasteiger partial charge on any atom is 0.331 e. The van der Waals surface area contributed by atoms with E-state index in [0.717, 1.165) is 16.5 Å². The van der Waals surface area contributed by atoms with Crippen molar-refractivity contribution in [3.8, 4) is 5.75 Å². The number of benzene rings is 2. The molecule has 0 fully saturated rings. The molecule has 1 heterocycles. The Hall–Kier alpha value is -3.67. The van der Waals surface area contributed by atoms with Crippen LogP contribution >= 0.6 is 0 Å². The number of para-hydroxylation sites is 3. The molecule has 27 heavy (non-hydrogen) atoms. The van der Waals surface area contributed by atoms with Crippen LogP contribution in [0.3, 0.4) is 0 Å². The Balaban J connectivity index is 1.57. The van der Waals surface area contributed by atoms with Gasteiger partial charge in [-0.2, -0.15) is 0 Å². The summed E-state index contributed by atoms with van der Waals surface area (Å²) in [6.45, 7) is -0.394. The minimum atomic E-state index is -0.613. The molecular formula is C21H18N2O4. The van der Waals surface area contributed by atoms with Crippen molar-refractivity contribution in [1.29, 1.82) is 0 Å². The van der Waals surface area contributed by atoms with Gasteiger partial charge < -0.3 is 14.8 Å². The molecule has 1 N–H and O–H groups in total. The van der Waals surface area contributed by atoms with Crippen molar-refractivity contribution in [2.24, 2.45) is 0 Å². The van der Waals surface area contributed by atoms with E-state index in [0.29, 0.717) is 11.4 Å². The monoisotopic (exact) mass is 362 g/mol. The average molecular weight is 362 g/mol. The van der Waals surface area contributed by atoms with Gasteiger partial charge in [0.1, 0.15) is 5.75 Å². The zero-order valence-electron chi connectivity index (χ0n) is 14.7. The summed E-state index contributed by atoms with van der Waals surface area (Å²) in [5.41, 5.74) is 2.10. The number of esters is 1. The van der Waals surface area contributed by atoms with Crippen LogP contribution in [0.4, 0.5) is 5.69 Å². The fraction of sp³-hybridized carbons (Fsp3) is 0.0952. The van der Waals surface area contributed by atoms with E-state index in [1.165, 1.54) is 13.2 Å². The number of amides is 1. The molecule has 3 aromatic rings. The number of hydrogen-bond donors (Lipinski definition) is 1. The average Bonchev–Trinajstić information content (AvgIpc) is 2.71. The first-order valence-electron chi connectivity index (χ1n) is 8.29. The predicted molar refractivity (Wildman–Crippen MR) is 103 cm³/mol. The van der Waals surface area contributed by atoms with Crippen LogP contribution in [0.2, 0.25) is 0 Å². The summed E-state index contributed by atoms with van der Waals surface area (Å²) in [4.78, 5) is 28.2. The fourth-order valence-electron chi connectivity index (χ4n) is 2.54. The number of ether oxygens (including phenoxy) is 2. The lowest BCUT2D eigenvalue weighted by molar-refractivity contribution is -0.142. The second-order valence-corrected chi connectivity index (χ2v) is 5.61. The van der Waals surface area contributed by atoms with Gasteiger partial charge in [-0.25, -0.2) is 4.79 Å². The third-order valence-electron chi connectivity index (χ3n) is 3.79. The van der Waals surface area contributed by atoms with Crippen LogP contribution in [0.5, 0.6) is 5.75 Å². The Morgan fingerprint density at radius 3 is 2.74 bits per heavy atom. The predicted octanol–water partition coefficient (Wildman–Crippen LogP) is 3.44. The molecule has 0 spiro atoms. The van der Waals surface area contributed by atoms with Crippen LogP contribution in [-0.4, -0.2) is 30.6 Å². The molecule has 136 valence electrons. The fourth-order valence-corrected chi connectivity index (χ4v) is 2.54. The first-order valence-corrected chi connectivity index (χ1v) is 8.29. The number of rotatable bonds is 6. The summed E-state index contributed by atoms with van der Waals surface area (Å²) in [5, 5.41) is 3.62. The molecule has 0 aliphatic carbocycles. The maximum atomic E-state index is 12.0. The topological polar surface area (TPSA) is 77.5 Å². The second-order valence-electron chi connectivity index (χ2n) is 5.61. The summed E-state index contributed by atoms with van der Waals surface area (Å²) in [6, 6.07) is 16.5. The lowest BCUT2D eigenvalue weighted by atomic mass is 10.1. The van der Waals surface area contributed by atoms with Gasteiger partial charge in [-0.3, -0.25) is 9.78 Å². The molecule has 1 aromatic heterocycles. The van der Waals surface area contributed by atoms with Crippen molar-refractivity contribution in [3.63, 3.8) is 0 Å². The van der Waals surface area contributed by atoms with Gasteiger partial charge >= 0.3 is 5.97 Å². The number of methoxy groups -OCH3 is 1. The van der Waals surface area contributed by atoms with Gasteiger partial charge in [0.05, 0.1) is 18.3 Å². The number of carbonyl (C=O) groups is 2. The largest absolute Gasteiger partial charge is 0.495 e. The lowest BCUT2D eigenvalue weighted by Gasteiger charge is -2.09. The molecule has 0 saturated heterocycles. The molecule has 6 nitrogen and oxygen atoms in total. The van der Waals surface area contributed by atoms with E-state index in [9.17, 15) is 9.59 Å². The van der Waals surface area contributed by atoms with Gasteiger partial charge in [-0.05, 0) is 24.3 Å². The molecule has 0 bridgehead atoms. The van der Waals surface area contributed by atoms with Gasteiger partial charge in [0.25, 0.3) is 5.91 Å². The molecule has 0 unspecified atom stereocenters. The first kappa shape index (κ1) is 18.1. The first-order chi connectivity index (χ1) is 13.2. The quantitative estimate of drug-likeness (QED) is 0.537. The highest BCUT2D eigenvalue weighted by Gasteiger charge is 2.09. The van der Waals surface area contributed by atoms with Gasteiger partial charge in [-0.15, -0.1) is 0 Å². The Morgan fingerprint density at radius 1 is 1.07 bits per heavy atom. The third-order valence-corrected chi connectivity index (χ3v) is 3.79. The Bertz CT molecular complexity index is 993. The lowest BCUT2D eigenvalue weighted by Crippen LogP contribution is -2.20. The normalized spacial score (nSPS) is 10.7. The van der Waals surface area contributed by atoms with Crippen molar-refractivity contribution in [2.45, 2.75) is 0 Å². The summed E-state index contributed by atoms with van der Waals surface area (Å²) < 4.78 is 10.1. The number of nitrogens with zero attached hydrogens (tertiary/aromatic N) is 1. The van der Waals surface area contributed by atoms with Gasteiger partial charge in [0.15, 0.2) is 6.61 Å². The molecule has 6 heteroatoms. The van der Waals surface area contributed by atoms with Crippen LogP contribution in [0.25, 0.3) is 17.0 Å². The summed E-state index contributed by atoms with van der Waals surface area (Å²) in [7, 11) is 1.51. The highest BCUT2D eigenvalue weighted by molar-refractivity contribution is 5.96. The number of fused-ring (bicyclic) bond motifs is 1. The maximum absolute atomic E-state index is 12.0. The molecule has 0 aliphatic rings. The highest BCUT2D eigenvalue weighted by Crippen LogP contribution is 2.22. The Kier molecular flexibility index (Phi) is 5.79. The molecule has 3 rings (SSSR count). The van der Waals surface area contributed by atoms with Crippen LogP contribution in [0, 0.1) is 0 Å². The summed E-state index contributed by atoms with van der Waals surface area (Å²) >= 11 is 0. The van der Waals surface area contributed by atoms with Crippen LogP contribution in [-0.2, 0) is 14.3 Å². The molecule has 0 aliphatic heterocycles. The van der Waals surface area contributed by atoms with Crippen LogP contribution < -0.4 is 10.1 Å². The number of pyridine rings is 1. The second kappa shape index (κ2) is 8.62. The van der Waals surface area contributed by atoms with E-state index in [1.807, 2.05) is 30.3 Å². The van der Waals surface area contributed by atoms with Crippen molar-refractivity contribution in [1.82, 2.24) is 4.98 Å².